The zero-order valence-electron chi connectivity index (χ0n) is 12.9. The van der Waals surface area contributed by atoms with E-state index in [1.807, 2.05) is 27.0 Å². The van der Waals surface area contributed by atoms with Crippen LogP contribution in [0.4, 0.5) is 5.82 Å². The highest BCUT2D eigenvalue weighted by atomic mass is 16.3. The molecular weight excluding hydrogens is 282 g/mol. The van der Waals surface area contributed by atoms with Crippen LogP contribution in [0.3, 0.4) is 0 Å². The number of carbonyl (C=O) groups excluding carboxylic acids is 1. The predicted octanol–water partition coefficient (Wildman–Crippen LogP) is 2.24. The van der Waals surface area contributed by atoms with Crippen LogP contribution in [-0.2, 0) is 7.05 Å². The number of nitrogens with one attached hydrogen (secondary N) is 2. The number of amides is 1. The molecule has 22 heavy (non-hydrogen) atoms. The lowest BCUT2D eigenvalue weighted by atomic mass is 10.1. The molecule has 0 bridgehead atoms. The molecule has 3 aromatic heterocycles. The first kappa shape index (κ1) is 14.1. The number of carbonyl (C=O) groups is 1. The van der Waals surface area contributed by atoms with E-state index in [2.05, 4.69) is 20.9 Å². The Balaban J connectivity index is 1.82. The van der Waals surface area contributed by atoms with Crippen LogP contribution in [0.15, 0.2) is 22.6 Å². The van der Waals surface area contributed by atoms with Gasteiger partial charge in [0.25, 0.3) is 0 Å². The topological polar surface area (TPSA) is 85.0 Å². The summed E-state index contributed by atoms with van der Waals surface area (Å²) < 4.78 is 6.99. The van der Waals surface area contributed by atoms with Crippen LogP contribution in [-0.4, -0.2) is 20.7 Å². The highest BCUT2D eigenvalue weighted by Gasteiger charge is 2.13. The van der Waals surface area contributed by atoms with Gasteiger partial charge in [0.15, 0.2) is 11.4 Å². The molecule has 0 spiro atoms. The van der Waals surface area contributed by atoms with Gasteiger partial charge in [0, 0.05) is 12.4 Å². The Morgan fingerprint density at radius 3 is 2.73 bits per heavy atom. The summed E-state index contributed by atoms with van der Waals surface area (Å²) >= 11 is 0. The molecule has 0 aliphatic heterocycles. The molecule has 7 nitrogen and oxygen atoms in total. The van der Waals surface area contributed by atoms with Gasteiger partial charge in [-0.3, -0.25) is 20.3 Å². The van der Waals surface area contributed by atoms with E-state index in [1.165, 1.54) is 0 Å². The SMILES string of the molecule is Cc1ccc(C(=O)NNc2cc(C)c3c(C)nn(C)c3n2)o1. The first-order valence-electron chi connectivity index (χ1n) is 6.89. The van der Waals surface area contributed by atoms with Gasteiger partial charge in [-0.25, -0.2) is 4.98 Å². The van der Waals surface area contributed by atoms with Crippen molar-refractivity contribution in [3.63, 3.8) is 0 Å². The molecule has 0 saturated heterocycles. The van der Waals surface area contributed by atoms with Crippen LogP contribution in [0, 0.1) is 20.8 Å². The third kappa shape index (κ3) is 2.41. The minimum absolute atomic E-state index is 0.249. The average molecular weight is 299 g/mol. The molecule has 7 heteroatoms. The largest absolute Gasteiger partial charge is 0.456 e. The maximum absolute atomic E-state index is 11.9. The molecule has 0 radical (unpaired) electrons. The van der Waals surface area contributed by atoms with E-state index in [4.69, 9.17) is 4.42 Å². The molecule has 0 fully saturated rings. The van der Waals surface area contributed by atoms with E-state index in [9.17, 15) is 4.79 Å². The van der Waals surface area contributed by atoms with Crippen molar-refractivity contribution in [2.24, 2.45) is 7.05 Å². The number of anilines is 1. The van der Waals surface area contributed by atoms with Crippen molar-refractivity contribution < 1.29 is 9.21 Å². The van der Waals surface area contributed by atoms with Gasteiger partial charge in [-0.15, -0.1) is 0 Å². The summed E-state index contributed by atoms with van der Waals surface area (Å²) in [6, 6.07) is 5.23. The quantitative estimate of drug-likeness (QED) is 0.724. The van der Waals surface area contributed by atoms with Gasteiger partial charge < -0.3 is 4.42 Å². The fraction of sp³-hybridized carbons (Fsp3) is 0.267. The number of aryl methyl sites for hydroxylation is 4. The van der Waals surface area contributed by atoms with Gasteiger partial charge in [-0.05, 0) is 44.5 Å². The monoisotopic (exact) mass is 299 g/mol. The number of nitrogens with zero attached hydrogens (tertiary/aromatic N) is 3. The first-order valence-corrected chi connectivity index (χ1v) is 6.89. The van der Waals surface area contributed by atoms with Crippen molar-refractivity contribution in [2.75, 3.05) is 5.43 Å². The fourth-order valence-corrected chi connectivity index (χ4v) is 2.46. The standard InChI is InChI=1S/C15H17N5O2/c1-8-7-12(16-14-13(8)10(3)19-20(14)4)17-18-15(21)11-6-5-9(2)22-11/h5-7H,1-4H3,(H,16,17)(H,18,21). The number of furan rings is 1. The molecule has 0 saturated carbocycles. The van der Waals surface area contributed by atoms with E-state index < -0.39 is 0 Å². The fourth-order valence-electron chi connectivity index (χ4n) is 2.46. The van der Waals surface area contributed by atoms with E-state index >= 15 is 0 Å². The number of aromatic nitrogens is 3. The third-order valence-electron chi connectivity index (χ3n) is 3.43. The van der Waals surface area contributed by atoms with Crippen LogP contribution >= 0.6 is 0 Å². The van der Waals surface area contributed by atoms with Crippen LogP contribution in [0.2, 0.25) is 0 Å². The molecule has 0 atom stereocenters. The van der Waals surface area contributed by atoms with Gasteiger partial charge in [0.05, 0.1) is 5.69 Å². The zero-order chi connectivity index (χ0) is 15.9. The summed E-state index contributed by atoms with van der Waals surface area (Å²) in [4.78, 5) is 16.4. The molecular formula is C15H17N5O2. The van der Waals surface area contributed by atoms with E-state index in [-0.39, 0.29) is 11.7 Å². The lowest BCUT2D eigenvalue weighted by Gasteiger charge is -2.08. The number of hydrogen-bond acceptors (Lipinski definition) is 5. The molecule has 3 heterocycles. The summed E-state index contributed by atoms with van der Waals surface area (Å²) in [6.45, 7) is 5.72. The minimum atomic E-state index is -0.353. The molecule has 114 valence electrons. The number of hydrogen-bond donors (Lipinski definition) is 2. The summed E-state index contributed by atoms with van der Waals surface area (Å²) in [6.07, 6.45) is 0. The zero-order valence-corrected chi connectivity index (χ0v) is 12.9. The van der Waals surface area contributed by atoms with Crippen molar-refractivity contribution in [2.45, 2.75) is 20.8 Å². The highest BCUT2D eigenvalue weighted by Crippen LogP contribution is 2.22. The summed E-state index contributed by atoms with van der Waals surface area (Å²) in [5, 5.41) is 5.39. The Hall–Kier alpha value is -2.83. The Morgan fingerprint density at radius 1 is 1.27 bits per heavy atom. The minimum Gasteiger partial charge on any atom is -0.456 e. The molecule has 0 aliphatic carbocycles. The number of fused-ring (bicyclic) bond motifs is 1. The third-order valence-corrected chi connectivity index (χ3v) is 3.43. The lowest BCUT2D eigenvalue weighted by molar-refractivity contribution is 0.0933. The van der Waals surface area contributed by atoms with Gasteiger partial charge in [-0.2, -0.15) is 5.10 Å². The smallest absolute Gasteiger partial charge is 0.305 e. The van der Waals surface area contributed by atoms with Gasteiger partial charge in [-0.1, -0.05) is 0 Å². The Labute approximate surface area is 127 Å². The number of hydrazine groups is 1. The van der Waals surface area contributed by atoms with Crippen LogP contribution in [0.5, 0.6) is 0 Å². The van der Waals surface area contributed by atoms with E-state index in [0.29, 0.717) is 11.6 Å². The molecule has 3 rings (SSSR count). The normalized spacial score (nSPS) is 10.9. The van der Waals surface area contributed by atoms with Crippen LogP contribution in [0.25, 0.3) is 11.0 Å². The van der Waals surface area contributed by atoms with Gasteiger partial charge >= 0.3 is 5.91 Å². The molecule has 3 aromatic rings. The van der Waals surface area contributed by atoms with Crippen molar-refractivity contribution >= 4 is 22.8 Å². The number of pyridine rings is 1. The molecule has 0 unspecified atom stereocenters. The van der Waals surface area contributed by atoms with Crippen molar-refractivity contribution in [1.82, 2.24) is 20.2 Å². The van der Waals surface area contributed by atoms with E-state index in [1.54, 1.807) is 23.7 Å². The maximum Gasteiger partial charge on any atom is 0.305 e. The summed E-state index contributed by atoms with van der Waals surface area (Å²) in [7, 11) is 1.84. The maximum atomic E-state index is 11.9. The summed E-state index contributed by atoms with van der Waals surface area (Å²) in [5.41, 5.74) is 8.13. The average Bonchev–Trinajstić information content (AvgIpc) is 3.01. The predicted molar refractivity (Wildman–Crippen MR) is 82.5 cm³/mol. The number of rotatable bonds is 3. The Kier molecular flexibility index (Phi) is 3.32. The molecule has 2 N–H and O–H groups in total. The van der Waals surface area contributed by atoms with Gasteiger partial charge in [0.2, 0.25) is 0 Å². The van der Waals surface area contributed by atoms with Crippen LogP contribution in [0.1, 0.15) is 27.6 Å². The van der Waals surface area contributed by atoms with E-state index in [0.717, 1.165) is 22.3 Å². The highest BCUT2D eigenvalue weighted by molar-refractivity contribution is 5.92. The van der Waals surface area contributed by atoms with Crippen molar-refractivity contribution in [1.29, 1.82) is 0 Å². The Bertz CT molecular complexity index is 862. The Morgan fingerprint density at radius 2 is 2.05 bits per heavy atom. The second-order valence-corrected chi connectivity index (χ2v) is 5.22. The van der Waals surface area contributed by atoms with Crippen molar-refractivity contribution in [3.8, 4) is 0 Å². The lowest BCUT2D eigenvalue weighted by Crippen LogP contribution is -2.29. The molecule has 0 aliphatic rings. The second kappa shape index (κ2) is 5.18. The second-order valence-electron chi connectivity index (χ2n) is 5.22. The molecule has 0 aromatic carbocycles. The molecule has 1 amide bonds. The van der Waals surface area contributed by atoms with Gasteiger partial charge in [0.1, 0.15) is 11.6 Å². The van der Waals surface area contributed by atoms with Crippen LogP contribution < -0.4 is 10.9 Å². The first-order chi connectivity index (χ1) is 10.5. The van der Waals surface area contributed by atoms with Crippen molar-refractivity contribution in [3.05, 3.63) is 41.0 Å². The summed E-state index contributed by atoms with van der Waals surface area (Å²) in [5.74, 6) is 1.13.